The van der Waals surface area contributed by atoms with Gasteiger partial charge in [-0.2, -0.15) is 0 Å². The average Bonchev–Trinajstić information content (AvgIpc) is 1.97. The van der Waals surface area contributed by atoms with Crippen LogP contribution in [-0.4, -0.2) is 11.9 Å². The molecule has 0 aromatic heterocycles. The summed E-state index contributed by atoms with van der Waals surface area (Å²) < 4.78 is 4.64. The van der Waals surface area contributed by atoms with Gasteiger partial charge in [-0.1, -0.05) is 13.8 Å². The van der Waals surface area contributed by atoms with Crippen molar-refractivity contribution in [2.75, 3.05) is 0 Å². The van der Waals surface area contributed by atoms with Gasteiger partial charge in [-0.25, -0.2) is 0 Å². The van der Waals surface area contributed by atoms with Crippen molar-refractivity contribution in [2.24, 2.45) is 17.3 Å². The van der Waals surface area contributed by atoms with Gasteiger partial charge in [0.15, 0.2) is 0 Å². The Bertz CT molecular complexity index is 256. The van der Waals surface area contributed by atoms with Gasteiger partial charge in [0.1, 0.15) is 0 Å². The smallest absolute Gasteiger partial charge is 0.320 e. The van der Waals surface area contributed by atoms with E-state index in [2.05, 4.69) is 4.74 Å². The number of rotatable bonds is 1. The maximum Gasteiger partial charge on any atom is 0.320 e. The van der Waals surface area contributed by atoms with Crippen molar-refractivity contribution in [2.45, 2.75) is 26.7 Å². The second-order valence-electron chi connectivity index (χ2n) is 3.99. The zero-order valence-corrected chi connectivity index (χ0v) is 7.29. The Morgan fingerprint density at radius 1 is 1.50 bits per heavy atom. The Morgan fingerprint density at radius 2 is 2.17 bits per heavy atom. The van der Waals surface area contributed by atoms with Gasteiger partial charge in [-0.15, -0.1) is 0 Å². The molecule has 0 aromatic rings. The van der Waals surface area contributed by atoms with E-state index in [0.29, 0.717) is 0 Å². The van der Waals surface area contributed by atoms with Crippen molar-refractivity contribution < 1.29 is 14.3 Å². The Labute approximate surface area is 71.1 Å². The topological polar surface area (TPSA) is 43.4 Å². The van der Waals surface area contributed by atoms with Crippen molar-refractivity contribution in [1.82, 2.24) is 0 Å². The molecule has 0 N–H and O–H groups in total. The lowest BCUT2D eigenvalue weighted by Crippen LogP contribution is -2.46. The number of cyclic esters (lactones) is 2. The number of hydrogen-bond acceptors (Lipinski definition) is 3. The van der Waals surface area contributed by atoms with Crippen LogP contribution >= 0.6 is 0 Å². The van der Waals surface area contributed by atoms with Gasteiger partial charge in [0, 0.05) is 0 Å². The Balaban J connectivity index is 2.36. The van der Waals surface area contributed by atoms with Crippen LogP contribution in [0.2, 0.25) is 0 Å². The fraction of sp³-hybridized carbons (Fsp3) is 0.778. The van der Waals surface area contributed by atoms with Crippen LogP contribution in [0, 0.1) is 17.3 Å². The lowest BCUT2D eigenvalue weighted by atomic mass is 9.56. The molecule has 12 heavy (non-hydrogen) atoms. The highest BCUT2D eigenvalue weighted by Crippen LogP contribution is 2.56. The summed E-state index contributed by atoms with van der Waals surface area (Å²) in [6.45, 7) is 3.96. The molecule has 2 fully saturated rings. The standard InChI is InChI=1S/C9H12O3/c1-5(2)9-4-3-6(9)7(10)12-8(9)11/h5-6H,3-4H2,1-2H3. The van der Waals surface area contributed by atoms with Crippen molar-refractivity contribution >= 4 is 11.9 Å². The molecule has 0 radical (unpaired) electrons. The molecule has 1 saturated carbocycles. The van der Waals surface area contributed by atoms with E-state index >= 15 is 0 Å². The highest BCUT2D eigenvalue weighted by Gasteiger charge is 2.64. The lowest BCUT2D eigenvalue weighted by Gasteiger charge is -2.41. The first-order valence-electron chi connectivity index (χ1n) is 4.35. The molecule has 3 nitrogen and oxygen atoms in total. The van der Waals surface area contributed by atoms with Crippen LogP contribution in [-0.2, 0) is 14.3 Å². The molecular formula is C9H12O3. The Morgan fingerprint density at radius 3 is 2.42 bits per heavy atom. The van der Waals surface area contributed by atoms with Crippen LogP contribution < -0.4 is 0 Å². The zero-order chi connectivity index (χ0) is 8.93. The highest BCUT2D eigenvalue weighted by atomic mass is 16.6. The van der Waals surface area contributed by atoms with Gasteiger partial charge < -0.3 is 4.74 Å². The number of hydrogen-bond donors (Lipinski definition) is 0. The maximum atomic E-state index is 11.4. The van der Waals surface area contributed by atoms with Gasteiger partial charge in [0.25, 0.3) is 0 Å². The predicted octanol–water partition coefficient (Wildman–Crippen LogP) is 1.12. The number of carbonyl (C=O) groups is 2. The number of fused-ring (bicyclic) bond motifs is 1. The molecular weight excluding hydrogens is 156 g/mol. The third-order valence-corrected chi connectivity index (χ3v) is 3.36. The quantitative estimate of drug-likeness (QED) is 0.435. The van der Waals surface area contributed by atoms with Gasteiger partial charge in [0.2, 0.25) is 0 Å². The van der Waals surface area contributed by atoms with E-state index in [1.54, 1.807) is 0 Å². The summed E-state index contributed by atoms with van der Waals surface area (Å²) in [7, 11) is 0. The fourth-order valence-electron chi connectivity index (χ4n) is 2.36. The summed E-state index contributed by atoms with van der Waals surface area (Å²) in [5.41, 5.74) is -0.447. The van der Waals surface area contributed by atoms with Gasteiger partial charge in [0.05, 0.1) is 11.3 Å². The van der Waals surface area contributed by atoms with E-state index in [0.717, 1.165) is 12.8 Å². The molecule has 0 bridgehead atoms. The second-order valence-corrected chi connectivity index (χ2v) is 3.99. The molecule has 2 atom stereocenters. The number of carbonyl (C=O) groups excluding carboxylic acids is 2. The molecule has 1 saturated heterocycles. The zero-order valence-electron chi connectivity index (χ0n) is 7.29. The lowest BCUT2D eigenvalue weighted by molar-refractivity contribution is -0.156. The Hall–Kier alpha value is -0.860. The van der Waals surface area contributed by atoms with Crippen LogP contribution in [0.25, 0.3) is 0 Å². The predicted molar refractivity (Wildman–Crippen MR) is 41.1 cm³/mol. The largest absolute Gasteiger partial charge is 0.392 e. The molecule has 0 aromatic carbocycles. The molecule has 0 spiro atoms. The van der Waals surface area contributed by atoms with Gasteiger partial charge in [-0.3, -0.25) is 9.59 Å². The summed E-state index contributed by atoms with van der Waals surface area (Å²) in [6, 6.07) is 0. The van der Waals surface area contributed by atoms with Crippen molar-refractivity contribution in [1.29, 1.82) is 0 Å². The summed E-state index contributed by atoms with van der Waals surface area (Å²) >= 11 is 0. The highest BCUT2D eigenvalue weighted by molar-refractivity contribution is 6.00. The third-order valence-electron chi connectivity index (χ3n) is 3.36. The van der Waals surface area contributed by atoms with Crippen molar-refractivity contribution in [3.63, 3.8) is 0 Å². The minimum Gasteiger partial charge on any atom is -0.392 e. The molecule has 1 heterocycles. The molecule has 2 aliphatic rings. The van der Waals surface area contributed by atoms with Gasteiger partial charge >= 0.3 is 11.9 Å². The number of ether oxygens (including phenoxy) is 1. The molecule has 1 aliphatic heterocycles. The fourth-order valence-corrected chi connectivity index (χ4v) is 2.36. The van der Waals surface area contributed by atoms with Crippen LogP contribution in [0.15, 0.2) is 0 Å². The van der Waals surface area contributed by atoms with E-state index in [1.165, 1.54) is 0 Å². The SMILES string of the molecule is CC(C)C12CCC1C(=O)OC2=O. The first-order chi connectivity index (χ1) is 5.59. The summed E-state index contributed by atoms with van der Waals surface area (Å²) in [6.07, 6.45) is 1.64. The molecule has 3 heteroatoms. The molecule has 2 rings (SSSR count). The minimum absolute atomic E-state index is 0.134. The van der Waals surface area contributed by atoms with Gasteiger partial charge in [-0.05, 0) is 18.8 Å². The average molecular weight is 168 g/mol. The van der Waals surface area contributed by atoms with Crippen LogP contribution in [0.4, 0.5) is 0 Å². The summed E-state index contributed by atoms with van der Waals surface area (Å²) in [4.78, 5) is 22.5. The van der Waals surface area contributed by atoms with E-state index in [-0.39, 0.29) is 23.8 Å². The summed E-state index contributed by atoms with van der Waals surface area (Å²) in [5.74, 6) is -0.515. The van der Waals surface area contributed by atoms with Crippen LogP contribution in [0.3, 0.4) is 0 Å². The van der Waals surface area contributed by atoms with Crippen molar-refractivity contribution in [3.8, 4) is 0 Å². The van der Waals surface area contributed by atoms with Crippen LogP contribution in [0.5, 0.6) is 0 Å². The van der Waals surface area contributed by atoms with Crippen molar-refractivity contribution in [3.05, 3.63) is 0 Å². The molecule has 66 valence electrons. The minimum atomic E-state index is -0.447. The normalized spacial score (nSPS) is 39.4. The molecule has 1 aliphatic carbocycles. The summed E-state index contributed by atoms with van der Waals surface area (Å²) in [5, 5.41) is 0. The monoisotopic (exact) mass is 168 g/mol. The number of esters is 2. The second kappa shape index (κ2) is 2.09. The van der Waals surface area contributed by atoms with E-state index in [4.69, 9.17) is 0 Å². The third kappa shape index (κ3) is 0.625. The first-order valence-corrected chi connectivity index (χ1v) is 4.35. The maximum absolute atomic E-state index is 11.4. The molecule has 0 amide bonds. The van der Waals surface area contributed by atoms with Crippen LogP contribution in [0.1, 0.15) is 26.7 Å². The van der Waals surface area contributed by atoms with E-state index in [9.17, 15) is 9.59 Å². The van der Waals surface area contributed by atoms with E-state index < -0.39 is 5.41 Å². The van der Waals surface area contributed by atoms with E-state index in [1.807, 2.05) is 13.8 Å². The molecule has 2 unspecified atom stereocenters. The Kier molecular flexibility index (Phi) is 1.35. The first kappa shape index (κ1) is 7.77.